The first kappa shape index (κ1) is 13.7. The first-order chi connectivity index (χ1) is 9.08. The highest BCUT2D eigenvalue weighted by atomic mass is 19.1. The highest BCUT2D eigenvalue weighted by molar-refractivity contribution is 5.62. The van der Waals surface area contributed by atoms with Crippen molar-refractivity contribution in [1.29, 1.82) is 0 Å². The van der Waals surface area contributed by atoms with Crippen LogP contribution in [0.3, 0.4) is 0 Å². The molecule has 1 aliphatic rings. The van der Waals surface area contributed by atoms with Crippen molar-refractivity contribution in [2.45, 2.75) is 6.10 Å². The van der Waals surface area contributed by atoms with Gasteiger partial charge in [-0.25, -0.2) is 4.39 Å². The number of nitrogens with one attached hydrogen (secondary N) is 1. The number of ether oxygens (including phenoxy) is 1. The maximum absolute atomic E-state index is 13.1. The second kappa shape index (κ2) is 5.94. The predicted octanol–water partition coefficient (Wildman–Crippen LogP) is 1.16. The van der Waals surface area contributed by atoms with Crippen molar-refractivity contribution >= 4 is 11.4 Å². The molecule has 1 unspecified atom stereocenters. The van der Waals surface area contributed by atoms with Crippen molar-refractivity contribution in [1.82, 2.24) is 5.32 Å². The van der Waals surface area contributed by atoms with E-state index in [1.165, 1.54) is 12.1 Å². The monoisotopic (exact) mass is 269 g/mol. The molecule has 104 valence electrons. The minimum absolute atomic E-state index is 0.0246. The lowest BCUT2D eigenvalue weighted by Gasteiger charge is -2.28. The number of morpholine rings is 1. The van der Waals surface area contributed by atoms with E-state index in [1.807, 2.05) is 0 Å². The predicted molar refractivity (Wildman–Crippen MR) is 68.9 cm³/mol. The molecular weight excluding hydrogens is 253 g/mol. The van der Waals surface area contributed by atoms with Crippen molar-refractivity contribution in [3.05, 3.63) is 34.1 Å². The Labute approximate surface area is 110 Å². The summed E-state index contributed by atoms with van der Waals surface area (Å²) in [6.07, 6.45) is -0.0246. The fraction of sp³-hybridized carbons (Fsp3) is 0.500. The molecule has 2 rings (SSSR count). The normalized spacial score (nSPS) is 19.2. The van der Waals surface area contributed by atoms with Gasteiger partial charge in [0.15, 0.2) is 0 Å². The molecule has 0 radical (unpaired) electrons. The van der Waals surface area contributed by atoms with E-state index in [0.29, 0.717) is 25.4 Å². The van der Waals surface area contributed by atoms with Crippen LogP contribution in [0.2, 0.25) is 0 Å². The number of anilines is 1. The Bertz CT molecular complexity index is 464. The highest BCUT2D eigenvalue weighted by Gasteiger charge is 2.21. The Morgan fingerprint density at radius 2 is 2.42 bits per heavy atom. The maximum atomic E-state index is 13.1. The van der Waals surface area contributed by atoms with Gasteiger partial charge >= 0.3 is 0 Å². The summed E-state index contributed by atoms with van der Waals surface area (Å²) in [4.78, 5) is 12.1. The van der Waals surface area contributed by atoms with Crippen molar-refractivity contribution < 1.29 is 14.1 Å². The summed E-state index contributed by atoms with van der Waals surface area (Å²) in [6.45, 7) is 2.67. The molecule has 0 bridgehead atoms. The molecule has 19 heavy (non-hydrogen) atoms. The minimum atomic E-state index is -0.612. The van der Waals surface area contributed by atoms with Crippen LogP contribution >= 0.6 is 0 Å². The fourth-order valence-electron chi connectivity index (χ4n) is 2.11. The zero-order valence-electron chi connectivity index (χ0n) is 10.6. The minimum Gasteiger partial charge on any atom is -0.374 e. The topological polar surface area (TPSA) is 67.6 Å². The average Bonchev–Trinajstić information content (AvgIpc) is 2.39. The molecule has 1 heterocycles. The first-order valence-electron chi connectivity index (χ1n) is 6.05. The van der Waals surface area contributed by atoms with Gasteiger partial charge in [0, 0.05) is 26.7 Å². The Morgan fingerprint density at radius 1 is 1.63 bits per heavy atom. The molecule has 1 aromatic carbocycles. The van der Waals surface area contributed by atoms with Gasteiger partial charge in [0.05, 0.1) is 23.7 Å². The number of hydrogen-bond acceptors (Lipinski definition) is 5. The molecule has 1 N–H and O–H groups in total. The van der Waals surface area contributed by atoms with E-state index in [2.05, 4.69) is 5.32 Å². The summed E-state index contributed by atoms with van der Waals surface area (Å²) in [5, 5.41) is 14.1. The quantitative estimate of drug-likeness (QED) is 0.656. The Balaban J connectivity index is 2.13. The Hall–Kier alpha value is -1.73. The van der Waals surface area contributed by atoms with Crippen LogP contribution < -0.4 is 10.2 Å². The van der Waals surface area contributed by atoms with Gasteiger partial charge in [-0.3, -0.25) is 10.1 Å². The van der Waals surface area contributed by atoms with Crippen LogP contribution in [-0.2, 0) is 4.74 Å². The molecule has 0 aliphatic carbocycles. The molecular formula is C12H16FN3O3. The van der Waals surface area contributed by atoms with Gasteiger partial charge in [-0.1, -0.05) is 0 Å². The van der Waals surface area contributed by atoms with E-state index >= 15 is 0 Å². The molecule has 1 fully saturated rings. The number of rotatable bonds is 4. The smallest absolute Gasteiger partial charge is 0.295 e. The summed E-state index contributed by atoms with van der Waals surface area (Å²) < 4.78 is 18.6. The number of halogens is 1. The van der Waals surface area contributed by atoms with Gasteiger partial charge < -0.3 is 15.0 Å². The van der Waals surface area contributed by atoms with E-state index in [1.54, 1.807) is 11.9 Å². The van der Waals surface area contributed by atoms with E-state index in [0.717, 1.165) is 12.6 Å². The number of nitro groups is 1. The molecule has 1 saturated heterocycles. The van der Waals surface area contributed by atoms with Crippen LogP contribution in [0, 0.1) is 15.9 Å². The second-order valence-electron chi connectivity index (χ2n) is 4.47. The lowest BCUT2D eigenvalue weighted by molar-refractivity contribution is -0.384. The Kier molecular flexibility index (Phi) is 4.28. The number of nitrogens with zero attached hydrogens (tertiary/aromatic N) is 2. The molecule has 0 spiro atoms. The number of nitro benzene ring substituents is 1. The largest absolute Gasteiger partial charge is 0.374 e. The highest BCUT2D eigenvalue weighted by Crippen LogP contribution is 2.28. The summed E-state index contributed by atoms with van der Waals surface area (Å²) >= 11 is 0. The van der Waals surface area contributed by atoms with Crippen LogP contribution in [0.15, 0.2) is 18.2 Å². The van der Waals surface area contributed by atoms with Crippen LogP contribution in [0.4, 0.5) is 15.8 Å². The van der Waals surface area contributed by atoms with E-state index < -0.39 is 10.7 Å². The third-order valence-corrected chi connectivity index (χ3v) is 3.03. The first-order valence-corrected chi connectivity index (χ1v) is 6.05. The standard InChI is InChI=1S/C12H16FN3O3/c1-15(8-10-7-14-4-5-19-10)11-3-2-9(13)6-12(11)16(17)18/h2-3,6,10,14H,4-5,7-8H2,1H3. The average molecular weight is 269 g/mol. The van der Waals surface area contributed by atoms with Crippen LogP contribution in [-0.4, -0.2) is 44.3 Å². The lowest BCUT2D eigenvalue weighted by Crippen LogP contribution is -2.44. The molecule has 1 aliphatic heterocycles. The molecule has 7 heteroatoms. The van der Waals surface area contributed by atoms with Gasteiger partial charge in [-0.05, 0) is 12.1 Å². The van der Waals surface area contributed by atoms with E-state index in [4.69, 9.17) is 4.74 Å². The zero-order valence-corrected chi connectivity index (χ0v) is 10.6. The molecule has 0 aromatic heterocycles. The molecule has 6 nitrogen and oxygen atoms in total. The number of hydrogen-bond donors (Lipinski definition) is 1. The lowest BCUT2D eigenvalue weighted by atomic mass is 10.2. The van der Waals surface area contributed by atoms with Gasteiger partial charge in [0.1, 0.15) is 11.5 Å². The second-order valence-corrected chi connectivity index (χ2v) is 4.47. The Morgan fingerprint density at radius 3 is 3.05 bits per heavy atom. The molecule has 1 aromatic rings. The van der Waals surface area contributed by atoms with E-state index in [9.17, 15) is 14.5 Å². The number of benzene rings is 1. The van der Waals surface area contributed by atoms with Gasteiger partial charge in [0.25, 0.3) is 5.69 Å². The summed E-state index contributed by atoms with van der Waals surface area (Å²) in [7, 11) is 1.73. The van der Waals surface area contributed by atoms with E-state index in [-0.39, 0.29) is 11.8 Å². The summed E-state index contributed by atoms with van der Waals surface area (Å²) in [5.41, 5.74) is 0.159. The molecule has 1 atom stereocenters. The van der Waals surface area contributed by atoms with Gasteiger partial charge in [0.2, 0.25) is 0 Å². The fourth-order valence-corrected chi connectivity index (χ4v) is 2.11. The SMILES string of the molecule is CN(CC1CNCCO1)c1ccc(F)cc1[N+](=O)[O-]. The zero-order chi connectivity index (χ0) is 13.8. The van der Waals surface area contributed by atoms with Crippen molar-refractivity contribution in [2.24, 2.45) is 0 Å². The van der Waals surface area contributed by atoms with Crippen LogP contribution in [0.25, 0.3) is 0 Å². The van der Waals surface area contributed by atoms with Crippen molar-refractivity contribution in [3.63, 3.8) is 0 Å². The third kappa shape index (κ3) is 3.39. The van der Waals surface area contributed by atoms with Crippen molar-refractivity contribution in [2.75, 3.05) is 38.2 Å². The maximum Gasteiger partial charge on any atom is 0.295 e. The molecule has 0 amide bonds. The molecule has 0 saturated carbocycles. The summed E-state index contributed by atoms with van der Waals surface area (Å²) in [5.74, 6) is -0.612. The third-order valence-electron chi connectivity index (χ3n) is 3.03. The van der Waals surface area contributed by atoms with Crippen LogP contribution in [0.5, 0.6) is 0 Å². The van der Waals surface area contributed by atoms with Gasteiger partial charge in [-0.2, -0.15) is 0 Å². The van der Waals surface area contributed by atoms with Crippen molar-refractivity contribution in [3.8, 4) is 0 Å². The number of likely N-dealkylation sites (N-methyl/N-ethyl adjacent to an activating group) is 1. The van der Waals surface area contributed by atoms with Crippen LogP contribution in [0.1, 0.15) is 0 Å². The summed E-state index contributed by atoms with van der Waals surface area (Å²) in [6, 6.07) is 3.58. The van der Waals surface area contributed by atoms with Gasteiger partial charge in [-0.15, -0.1) is 0 Å².